The zero-order valence-electron chi connectivity index (χ0n) is 14.0. The van der Waals surface area contributed by atoms with E-state index in [-0.39, 0.29) is 17.2 Å². The van der Waals surface area contributed by atoms with Gasteiger partial charge < -0.3 is 5.32 Å². The first-order valence-electron chi connectivity index (χ1n) is 7.78. The lowest BCUT2D eigenvalue weighted by Gasteiger charge is -2.11. The highest BCUT2D eigenvalue weighted by molar-refractivity contribution is 7.99. The average Bonchev–Trinajstić information content (AvgIpc) is 3.09. The van der Waals surface area contributed by atoms with Gasteiger partial charge in [0.15, 0.2) is 5.16 Å². The Morgan fingerprint density at radius 3 is 3.04 bits per heavy atom. The van der Waals surface area contributed by atoms with Gasteiger partial charge in [-0.15, -0.1) is 17.9 Å². The second kappa shape index (κ2) is 8.07. The van der Waals surface area contributed by atoms with Gasteiger partial charge in [0.05, 0.1) is 11.1 Å². The Labute approximate surface area is 163 Å². The summed E-state index contributed by atoms with van der Waals surface area (Å²) in [6.07, 6.45) is 1.64. The summed E-state index contributed by atoms with van der Waals surface area (Å²) in [7, 11) is 0. The lowest BCUT2D eigenvalue weighted by molar-refractivity contribution is -0.113. The third-order valence-corrected chi connectivity index (χ3v) is 5.93. The van der Waals surface area contributed by atoms with E-state index in [9.17, 15) is 9.59 Å². The Hall–Kier alpha value is -2.09. The molecule has 0 aliphatic carbocycles. The molecule has 0 spiro atoms. The molecule has 0 atom stereocenters. The Morgan fingerprint density at radius 2 is 2.27 bits per heavy atom. The number of thioether (sulfide) groups is 1. The summed E-state index contributed by atoms with van der Waals surface area (Å²) in [6, 6.07) is 7.12. The lowest BCUT2D eigenvalue weighted by Crippen LogP contribution is -2.23. The van der Waals surface area contributed by atoms with Crippen molar-refractivity contribution in [2.45, 2.75) is 18.6 Å². The van der Waals surface area contributed by atoms with Gasteiger partial charge in [-0.05, 0) is 36.1 Å². The van der Waals surface area contributed by atoms with Gasteiger partial charge >= 0.3 is 0 Å². The number of hydrogen-bond donors (Lipinski definition) is 1. The zero-order chi connectivity index (χ0) is 18.7. The number of benzene rings is 1. The number of fused-ring (bicyclic) bond motifs is 1. The molecule has 0 unspecified atom stereocenters. The van der Waals surface area contributed by atoms with Gasteiger partial charge in [0.1, 0.15) is 4.83 Å². The Morgan fingerprint density at radius 1 is 1.46 bits per heavy atom. The SMILES string of the molecule is C=CCn1c(SCC(=O)Nc2cccc(Cl)c2C)nc2sccc2c1=O. The van der Waals surface area contributed by atoms with Crippen LogP contribution in [0.4, 0.5) is 5.69 Å². The van der Waals surface area contributed by atoms with Crippen molar-refractivity contribution in [2.75, 3.05) is 11.1 Å². The Kier molecular flexibility index (Phi) is 5.80. The largest absolute Gasteiger partial charge is 0.325 e. The zero-order valence-corrected chi connectivity index (χ0v) is 16.4. The summed E-state index contributed by atoms with van der Waals surface area (Å²) in [6.45, 7) is 5.88. The first-order chi connectivity index (χ1) is 12.5. The lowest BCUT2D eigenvalue weighted by atomic mass is 10.2. The van der Waals surface area contributed by atoms with Crippen molar-refractivity contribution in [1.82, 2.24) is 9.55 Å². The highest BCUT2D eigenvalue weighted by Crippen LogP contribution is 2.24. The topological polar surface area (TPSA) is 64.0 Å². The van der Waals surface area contributed by atoms with Crippen LogP contribution < -0.4 is 10.9 Å². The van der Waals surface area contributed by atoms with E-state index < -0.39 is 0 Å². The van der Waals surface area contributed by atoms with Crippen molar-refractivity contribution < 1.29 is 4.79 Å². The molecule has 134 valence electrons. The number of nitrogens with one attached hydrogen (secondary N) is 1. The van der Waals surface area contributed by atoms with Gasteiger partial charge in [-0.2, -0.15) is 0 Å². The number of carbonyl (C=O) groups is 1. The summed E-state index contributed by atoms with van der Waals surface area (Å²) in [4.78, 5) is 30.1. The number of thiophene rings is 1. The standard InChI is InChI=1S/C18H16ClN3O2S2/c1-3-8-22-17(24)12-7-9-25-16(12)21-18(22)26-10-15(23)20-14-6-4-5-13(19)11(14)2/h3-7,9H,1,8,10H2,2H3,(H,20,23). The van der Waals surface area contributed by atoms with Gasteiger partial charge in [-0.3, -0.25) is 14.2 Å². The molecule has 3 aromatic rings. The number of hydrogen-bond acceptors (Lipinski definition) is 5. The van der Waals surface area contributed by atoms with Crippen LogP contribution in [0.3, 0.4) is 0 Å². The van der Waals surface area contributed by atoms with Crippen molar-refractivity contribution in [3.8, 4) is 0 Å². The molecule has 5 nitrogen and oxygen atoms in total. The van der Waals surface area contributed by atoms with E-state index in [1.165, 1.54) is 27.7 Å². The van der Waals surface area contributed by atoms with Crippen molar-refractivity contribution in [1.29, 1.82) is 0 Å². The number of allylic oxidation sites excluding steroid dienone is 1. The summed E-state index contributed by atoms with van der Waals surface area (Å²) in [5, 5.41) is 6.36. The molecule has 0 saturated carbocycles. The fourth-order valence-electron chi connectivity index (χ4n) is 2.39. The smallest absolute Gasteiger partial charge is 0.263 e. The highest BCUT2D eigenvalue weighted by Gasteiger charge is 2.14. The molecule has 0 radical (unpaired) electrons. The normalized spacial score (nSPS) is 10.8. The Bertz CT molecular complexity index is 1040. The second-order valence-corrected chi connectivity index (χ2v) is 7.73. The fraction of sp³-hybridized carbons (Fsp3) is 0.167. The van der Waals surface area contributed by atoms with Crippen LogP contribution in [-0.4, -0.2) is 21.2 Å². The quantitative estimate of drug-likeness (QED) is 0.376. The third kappa shape index (κ3) is 3.85. The van der Waals surface area contributed by atoms with E-state index in [4.69, 9.17) is 11.6 Å². The van der Waals surface area contributed by atoms with Crippen LogP contribution in [-0.2, 0) is 11.3 Å². The maximum atomic E-state index is 12.6. The van der Waals surface area contributed by atoms with Crippen molar-refractivity contribution in [3.05, 3.63) is 63.2 Å². The molecule has 1 N–H and O–H groups in total. The van der Waals surface area contributed by atoms with E-state index in [0.29, 0.717) is 32.6 Å². The first kappa shape index (κ1) is 18.7. The van der Waals surface area contributed by atoms with Gasteiger partial charge in [-0.1, -0.05) is 35.5 Å². The number of anilines is 1. The maximum Gasteiger partial charge on any atom is 0.263 e. The van der Waals surface area contributed by atoms with Crippen LogP contribution >= 0.6 is 34.7 Å². The van der Waals surface area contributed by atoms with Crippen LogP contribution in [0.15, 0.2) is 52.3 Å². The summed E-state index contributed by atoms with van der Waals surface area (Å²) in [5.41, 5.74) is 1.37. The molecular weight excluding hydrogens is 390 g/mol. The van der Waals surface area contributed by atoms with E-state index in [1.807, 2.05) is 12.3 Å². The summed E-state index contributed by atoms with van der Waals surface area (Å²) in [5.74, 6) is -0.0575. The minimum atomic E-state index is -0.189. The fourth-order valence-corrected chi connectivity index (χ4v) is 4.18. The molecule has 1 amide bonds. The monoisotopic (exact) mass is 405 g/mol. The number of carbonyl (C=O) groups excluding carboxylic acids is 1. The van der Waals surface area contributed by atoms with E-state index in [2.05, 4.69) is 16.9 Å². The molecular formula is C18H16ClN3O2S2. The van der Waals surface area contributed by atoms with Gasteiger partial charge in [0.25, 0.3) is 5.56 Å². The molecule has 1 aromatic carbocycles. The van der Waals surface area contributed by atoms with Crippen molar-refractivity contribution >= 4 is 56.5 Å². The maximum absolute atomic E-state index is 12.6. The van der Waals surface area contributed by atoms with Crippen LogP contribution in [0.2, 0.25) is 5.02 Å². The van der Waals surface area contributed by atoms with Crippen molar-refractivity contribution in [3.63, 3.8) is 0 Å². The number of nitrogens with zero attached hydrogens (tertiary/aromatic N) is 2. The van der Waals surface area contributed by atoms with Gasteiger partial charge in [-0.25, -0.2) is 4.98 Å². The van der Waals surface area contributed by atoms with Gasteiger partial charge in [0.2, 0.25) is 5.91 Å². The molecule has 3 rings (SSSR count). The molecule has 0 saturated heterocycles. The second-order valence-electron chi connectivity index (χ2n) is 5.49. The van der Waals surface area contributed by atoms with Crippen LogP contribution in [0, 0.1) is 6.92 Å². The molecule has 0 bridgehead atoms. The summed E-state index contributed by atoms with van der Waals surface area (Å²) < 4.78 is 1.53. The first-order valence-corrected chi connectivity index (χ1v) is 10.0. The molecule has 2 heterocycles. The molecule has 8 heteroatoms. The molecule has 26 heavy (non-hydrogen) atoms. The number of rotatable bonds is 6. The molecule has 0 aliphatic heterocycles. The van der Waals surface area contributed by atoms with Crippen LogP contribution in [0.5, 0.6) is 0 Å². The third-order valence-electron chi connectivity index (χ3n) is 3.73. The molecule has 0 fully saturated rings. The Balaban J connectivity index is 1.79. The van der Waals surface area contributed by atoms with Gasteiger partial charge in [0, 0.05) is 17.3 Å². The highest BCUT2D eigenvalue weighted by atomic mass is 35.5. The molecule has 0 aliphatic rings. The number of halogens is 1. The van der Waals surface area contributed by atoms with Crippen LogP contribution in [0.1, 0.15) is 5.56 Å². The molecule has 2 aromatic heterocycles. The number of aromatic nitrogens is 2. The summed E-state index contributed by atoms with van der Waals surface area (Å²) >= 11 is 8.70. The van der Waals surface area contributed by atoms with Crippen LogP contribution in [0.25, 0.3) is 10.2 Å². The minimum absolute atomic E-state index is 0.121. The number of amides is 1. The van der Waals surface area contributed by atoms with E-state index >= 15 is 0 Å². The van der Waals surface area contributed by atoms with E-state index in [1.54, 1.807) is 30.3 Å². The predicted molar refractivity (Wildman–Crippen MR) is 110 cm³/mol. The van der Waals surface area contributed by atoms with Crippen molar-refractivity contribution in [2.24, 2.45) is 0 Å². The van der Waals surface area contributed by atoms with E-state index in [0.717, 1.165) is 5.56 Å². The predicted octanol–water partition coefficient (Wildman–Crippen LogP) is 4.34. The average molecular weight is 406 g/mol. The minimum Gasteiger partial charge on any atom is -0.325 e.